The van der Waals surface area contributed by atoms with Crippen LogP contribution in [0.3, 0.4) is 0 Å². The largest absolute Gasteiger partial charge is 0.471 e. The second-order valence-corrected chi connectivity index (χ2v) is 3.64. The Morgan fingerprint density at radius 3 is 2.87 bits per heavy atom. The van der Waals surface area contributed by atoms with Gasteiger partial charge >= 0.3 is 0 Å². The summed E-state index contributed by atoms with van der Waals surface area (Å²) in [5, 5.41) is 0. The van der Waals surface area contributed by atoms with Crippen molar-refractivity contribution in [2.24, 2.45) is 10.7 Å². The van der Waals surface area contributed by atoms with Gasteiger partial charge in [0.05, 0.1) is 6.54 Å². The number of benzene rings is 1. The van der Waals surface area contributed by atoms with E-state index in [4.69, 9.17) is 10.5 Å². The molecule has 0 aliphatic carbocycles. The maximum atomic E-state index is 5.74. The van der Waals surface area contributed by atoms with E-state index >= 15 is 0 Å². The van der Waals surface area contributed by atoms with E-state index in [0.717, 1.165) is 25.3 Å². The van der Waals surface area contributed by atoms with Crippen LogP contribution < -0.4 is 5.73 Å². The topological polar surface area (TPSA) is 47.6 Å². The van der Waals surface area contributed by atoms with Crippen LogP contribution in [0.25, 0.3) is 0 Å². The van der Waals surface area contributed by atoms with Crippen LogP contribution in [0.2, 0.25) is 0 Å². The zero-order valence-corrected chi connectivity index (χ0v) is 8.73. The Balaban J connectivity index is 1.90. The Morgan fingerprint density at radius 1 is 1.33 bits per heavy atom. The lowest BCUT2D eigenvalue weighted by Gasteiger charge is -2.10. The van der Waals surface area contributed by atoms with Crippen molar-refractivity contribution in [2.75, 3.05) is 13.1 Å². The molecule has 0 saturated carbocycles. The van der Waals surface area contributed by atoms with Crippen molar-refractivity contribution in [1.82, 2.24) is 0 Å². The highest BCUT2D eigenvalue weighted by Gasteiger charge is 2.20. The fourth-order valence-corrected chi connectivity index (χ4v) is 1.66. The molecule has 1 heterocycles. The number of hydrogen-bond donors (Lipinski definition) is 1. The smallest absolute Gasteiger partial charge is 0.184 e. The molecule has 1 aliphatic heterocycles. The highest BCUT2D eigenvalue weighted by Crippen LogP contribution is 2.23. The van der Waals surface area contributed by atoms with Crippen LogP contribution in [0.1, 0.15) is 24.5 Å². The first-order chi connectivity index (χ1) is 7.40. The fraction of sp³-hybridized carbons (Fsp3) is 0.417. The van der Waals surface area contributed by atoms with Crippen LogP contribution in [-0.4, -0.2) is 19.0 Å². The molecule has 1 aromatic rings. The average molecular weight is 204 g/mol. The van der Waals surface area contributed by atoms with Gasteiger partial charge in [0.2, 0.25) is 0 Å². The van der Waals surface area contributed by atoms with Gasteiger partial charge in [-0.2, -0.15) is 0 Å². The zero-order valence-electron chi connectivity index (χ0n) is 8.73. The number of nitrogens with two attached hydrogens (primary N) is 1. The number of aliphatic imine (C=N–C) groups is 1. The molecule has 2 N–H and O–H groups in total. The third-order valence-electron chi connectivity index (χ3n) is 2.48. The van der Waals surface area contributed by atoms with Crippen molar-refractivity contribution in [3.05, 3.63) is 35.9 Å². The maximum absolute atomic E-state index is 5.74. The molecule has 0 spiro atoms. The van der Waals surface area contributed by atoms with Crippen molar-refractivity contribution in [3.63, 3.8) is 0 Å². The van der Waals surface area contributed by atoms with E-state index in [0.29, 0.717) is 6.54 Å². The minimum absolute atomic E-state index is 0.110. The van der Waals surface area contributed by atoms with Gasteiger partial charge in [-0.3, -0.25) is 4.99 Å². The van der Waals surface area contributed by atoms with Gasteiger partial charge in [0, 0.05) is 6.42 Å². The lowest BCUT2D eigenvalue weighted by Crippen LogP contribution is -2.07. The molecule has 3 heteroatoms. The average Bonchev–Trinajstić information content (AvgIpc) is 2.76. The summed E-state index contributed by atoms with van der Waals surface area (Å²) in [6.07, 6.45) is 1.92. The summed E-state index contributed by atoms with van der Waals surface area (Å²) in [7, 11) is 0. The van der Waals surface area contributed by atoms with Crippen molar-refractivity contribution in [3.8, 4) is 0 Å². The molecule has 0 aromatic heterocycles. The van der Waals surface area contributed by atoms with Crippen molar-refractivity contribution >= 4 is 5.90 Å². The normalized spacial score (nSPS) is 19.8. The minimum atomic E-state index is 0.110. The van der Waals surface area contributed by atoms with E-state index in [2.05, 4.69) is 17.1 Å². The van der Waals surface area contributed by atoms with Gasteiger partial charge < -0.3 is 10.5 Å². The molecule has 0 radical (unpaired) electrons. The molecule has 1 aliphatic rings. The molecule has 1 aromatic carbocycles. The summed E-state index contributed by atoms with van der Waals surface area (Å²) >= 11 is 0. The second-order valence-electron chi connectivity index (χ2n) is 3.64. The van der Waals surface area contributed by atoms with Crippen molar-refractivity contribution < 1.29 is 4.74 Å². The van der Waals surface area contributed by atoms with Gasteiger partial charge in [0.25, 0.3) is 0 Å². The number of hydrogen-bond acceptors (Lipinski definition) is 3. The van der Waals surface area contributed by atoms with Crippen LogP contribution in [-0.2, 0) is 4.74 Å². The predicted molar refractivity (Wildman–Crippen MR) is 60.9 cm³/mol. The van der Waals surface area contributed by atoms with Gasteiger partial charge in [-0.15, -0.1) is 0 Å². The molecule has 1 unspecified atom stereocenters. The third-order valence-corrected chi connectivity index (χ3v) is 2.48. The molecule has 1 atom stereocenters. The molecule has 0 amide bonds. The first-order valence-electron chi connectivity index (χ1n) is 5.35. The lowest BCUT2D eigenvalue weighted by molar-refractivity contribution is 0.223. The van der Waals surface area contributed by atoms with Crippen LogP contribution in [0, 0.1) is 0 Å². The first kappa shape index (κ1) is 10.2. The molecule has 0 bridgehead atoms. The quantitative estimate of drug-likeness (QED) is 0.814. The monoisotopic (exact) mass is 204 g/mol. The molecule has 0 saturated heterocycles. The maximum Gasteiger partial charge on any atom is 0.184 e. The number of rotatable bonds is 4. The standard InChI is InChI=1S/C12H16N2O/c13-8-4-7-12-14-9-11(15-12)10-5-2-1-3-6-10/h1-3,5-6,11H,4,7-9,13H2. The van der Waals surface area contributed by atoms with Crippen LogP contribution >= 0.6 is 0 Å². The molecular formula is C12H16N2O. The molecule has 15 heavy (non-hydrogen) atoms. The third kappa shape index (κ3) is 2.57. The molecule has 3 nitrogen and oxygen atoms in total. The summed E-state index contributed by atoms with van der Waals surface area (Å²) in [6, 6.07) is 10.2. The molecule has 2 rings (SSSR count). The summed E-state index contributed by atoms with van der Waals surface area (Å²) in [5.74, 6) is 0.856. The minimum Gasteiger partial charge on any atom is -0.471 e. The van der Waals surface area contributed by atoms with Crippen LogP contribution in [0.15, 0.2) is 35.3 Å². The fourth-order valence-electron chi connectivity index (χ4n) is 1.66. The SMILES string of the molecule is NCCCC1=NCC(c2ccccc2)O1. The van der Waals surface area contributed by atoms with E-state index in [1.165, 1.54) is 5.56 Å². The van der Waals surface area contributed by atoms with Crippen LogP contribution in [0.5, 0.6) is 0 Å². The lowest BCUT2D eigenvalue weighted by atomic mass is 10.1. The van der Waals surface area contributed by atoms with E-state index in [1.807, 2.05) is 18.2 Å². The van der Waals surface area contributed by atoms with Gasteiger partial charge in [-0.25, -0.2) is 0 Å². The van der Waals surface area contributed by atoms with E-state index in [1.54, 1.807) is 0 Å². The van der Waals surface area contributed by atoms with Crippen molar-refractivity contribution in [1.29, 1.82) is 0 Å². The van der Waals surface area contributed by atoms with Crippen molar-refractivity contribution in [2.45, 2.75) is 18.9 Å². The Kier molecular flexibility index (Phi) is 3.35. The Bertz CT molecular complexity index is 335. The Hall–Kier alpha value is -1.35. The number of ether oxygens (including phenoxy) is 1. The Morgan fingerprint density at radius 2 is 2.13 bits per heavy atom. The van der Waals surface area contributed by atoms with Gasteiger partial charge in [-0.05, 0) is 18.5 Å². The highest BCUT2D eigenvalue weighted by atomic mass is 16.5. The second kappa shape index (κ2) is 4.94. The van der Waals surface area contributed by atoms with Gasteiger partial charge in [-0.1, -0.05) is 30.3 Å². The van der Waals surface area contributed by atoms with E-state index in [9.17, 15) is 0 Å². The Labute approximate surface area is 90.0 Å². The van der Waals surface area contributed by atoms with Gasteiger partial charge in [0.1, 0.15) is 6.10 Å². The molecule has 80 valence electrons. The summed E-state index contributed by atoms with van der Waals surface area (Å²) in [4.78, 5) is 4.37. The van der Waals surface area contributed by atoms with E-state index in [-0.39, 0.29) is 6.10 Å². The first-order valence-corrected chi connectivity index (χ1v) is 5.35. The van der Waals surface area contributed by atoms with Crippen LogP contribution in [0.4, 0.5) is 0 Å². The summed E-state index contributed by atoms with van der Waals surface area (Å²) < 4.78 is 5.74. The summed E-state index contributed by atoms with van der Waals surface area (Å²) in [6.45, 7) is 1.43. The molecule has 0 fully saturated rings. The van der Waals surface area contributed by atoms with Gasteiger partial charge in [0.15, 0.2) is 5.90 Å². The molecular weight excluding hydrogens is 188 g/mol. The highest BCUT2D eigenvalue weighted by molar-refractivity contribution is 5.77. The van der Waals surface area contributed by atoms with E-state index < -0.39 is 0 Å². The predicted octanol–water partition coefficient (Wildman–Crippen LogP) is 1.90. The number of nitrogens with zero attached hydrogens (tertiary/aromatic N) is 1. The summed E-state index contributed by atoms with van der Waals surface area (Å²) in [5.41, 5.74) is 6.64. The zero-order chi connectivity index (χ0) is 10.5.